The van der Waals surface area contributed by atoms with Gasteiger partial charge in [-0.15, -0.1) is 0 Å². The third-order valence-electron chi connectivity index (χ3n) is 5.56. The summed E-state index contributed by atoms with van der Waals surface area (Å²) in [5.74, 6) is -0.334. The van der Waals surface area contributed by atoms with Crippen molar-refractivity contribution in [1.29, 1.82) is 0 Å². The molecule has 37 heavy (non-hydrogen) atoms. The molecule has 3 aromatic rings. The van der Waals surface area contributed by atoms with Crippen molar-refractivity contribution in [2.45, 2.75) is 18.9 Å². The molecule has 0 radical (unpaired) electrons. The van der Waals surface area contributed by atoms with Crippen molar-refractivity contribution in [3.05, 3.63) is 95.6 Å². The molecule has 0 saturated heterocycles. The van der Waals surface area contributed by atoms with E-state index in [2.05, 4.69) is 10.6 Å². The molecule has 9 heteroatoms. The first-order valence-corrected chi connectivity index (χ1v) is 11.5. The first-order valence-electron chi connectivity index (χ1n) is 11.5. The number of amides is 3. The van der Waals surface area contributed by atoms with E-state index in [0.717, 1.165) is 5.56 Å². The zero-order chi connectivity index (χ0) is 26.6. The summed E-state index contributed by atoms with van der Waals surface area (Å²) in [6, 6.07) is 20.0. The number of hydrogen-bond acceptors (Lipinski definition) is 6. The number of anilines is 1. The Kier molecular flexibility index (Phi) is 9.81. The Morgan fingerprint density at radius 1 is 0.946 bits per heavy atom. The fraction of sp³-hybridized carbons (Fsp3) is 0.179. The number of carbonyl (C=O) groups is 3. The predicted octanol–water partition coefficient (Wildman–Crippen LogP) is 3.59. The second-order valence-corrected chi connectivity index (χ2v) is 8.03. The van der Waals surface area contributed by atoms with Crippen LogP contribution < -0.4 is 25.6 Å². The van der Waals surface area contributed by atoms with Gasteiger partial charge in [-0.3, -0.25) is 19.6 Å². The lowest BCUT2D eigenvalue weighted by Gasteiger charge is -2.18. The van der Waals surface area contributed by atoms with E-state index >= 15 is 0 Å². The Hall–Kier alpha value is -4.63. The molecule has 192 valence electrons. The molecule has 0 aliphatic heterocycles. The minimum atomic E-state index is -0.829. The van der Waals surface area contributed by atoms with E-state index in [-0.39, 0.29) is 5.56 Å². The average Bonchev–Trinajstić information content (AvgIpc) is 2.94. The number of hydroxylamine groups is 1. The molecule has 0 unspecified atom stereocenters. The van der Waals surface area contributed by atoms with Crippen molar-refractivity contribution in [3.63, 3.8) is 0 Å². The van der Waals surface area contributed by atoms with Crippen LogP contribution in [0.25, 0.3) is 6.08 Å². The van der Waals surface area contributed by atoms with Gasteiger partial charge < -0.3 is 20.1 Å². The van der Waals surface area contributed by atoms with Gasteiger partial charge in [0.25, 0.3) is 5.91 Å². The molecule has 9 nitrogen and oxygen atoms in total. The van der Waals surface area contributed by atoms with E-state index < -0.39 is 23.8 Å². The van der Waals surface area contributed by atoms with Gasteiger partial charge in [0.15, 0.2) is 0 Å². The van der Waals surface area contributed by atoms with Crippen molar-refractivity contribution in [2.24, 2.45) is 0 Å². The van der Waals surface area contributed by atoms with Gasteiger partial charge in [-0.2, -0.15) is 0 Å². The van der Waals surface area contributed by atoms with Crippen LogP contribution in [0.4, 0.5) is 5.69 Å². The van der Waals surface area contributed by atoms with Gasteiger partial charge in [-0.25, -0.2) is 5.48 Å². The number of methoxy groups -OCH3 is 2. The smallest absolute Gasteiger partial charge is 0.274 e. The van der Waals surface area contributed by atoms with Gasteiger partial charge in [0.05, 0.1) is 14.2 Å². The van der Waals surface area contributed by atoms with Crippen LogP contribution in [-0.2, 0) is 16.0 Å². The summed E-state index contributed by atoms with van der Waals surface area (Å²) < 4.78 is 10.6. The maximum absolute atomic E-state index is 13.1. The van der Waals surface area contributed by atoms with Crippen molar-refractivity contribution in [1.82, 2.24) is 10.8 Å². The SMILES string of the molecule is COc1ccc(OC)c(/C=C/C(=O)N[C@@H](CCc2ccccc2)C(=O)Nc2ccc(C(=O)NO)cc2)c1. The fourth-order valence-corrected chi connectivity index (χ4v) is 3.58. The van der Waals surface area contributed by atoms with Crippen LogP contribution in [0.3, 0.4) is 0 Å². The molecule has 0 aliphatic carbocycles. The molecule has 3 amide bonds. The number of nitrogens with one attached hydrogen (secondary N) is 3. The Balaban J connectivity index is 1.73. The van der Waals surface area contributed by atoms with Crippen molar-refractivity contribution in [2.75, 3.05) is 19.5 Å². The van der Waals surface area contributed by atoms with Gasteiger partial charge in [-0.1, -0.05) is 30.3 Å². The minimum Gasteiger partial charge on any atom is -0.497 e. The second-order valence-electron chi connectivity index (χ2n) is 8.03. The third-order valence-corrected chi connectivity index (χ3v) is 5.56. The highest BCUT2D eigenvalue weighted by Gasteiger charge is 2.20. The summed E-state index contributed by atoms with van der Waals surface area (Å²) in [5.41, 5.74) is 3.91. The normalized spacial score (nSPS) is 11.4. The Morgan fingerprint density at radius 2 is 1.68 bits per heavy atom. The molecule has 3 aromatic carbocycles. The summed E-state index contributed by atoms with van der Waals surface area (Å²) in [4.78, 5) is 37.4. The second kappa shape index (κ2) is 13.5. The van der Waals surface area contributed by atoms with E-state index in [4.69, 9.17) is 14.7 Å². The van der Waals surface area contributed by atoms with Crippen LogP contribution in [0.1, 0.15) is 27.9 Å². The molecule has 0 saturated carbocycles. The molecule has 0 bridgehead atoms. The van der Waals surface area contributed by atoms with Crippen LogP contribution in [0.2, 0.25) is 0 Å². The van der Waals surface area contributed by atoms with Gasteiger partial charge in [0.1, 0.15) is 17.5 Å². The highest BCUT2D eigenvalue weighted by Crippen LogP contribution is 2.25. The molecular weight excluding hydrogens is 474 g/mol. The number of carbonyl (C=O) groups excluding carboxylic acids is 3. The number of benzene rings is 3. The number of rotatable bonds is 11. The quantitative estimate of drug-likeness (QED) is 0.180. The molecule has 0 spiro atoms. The van der Waals surface area contributed by atoms with Gasteiger partial charge >= 0.3 is 0 Å². The van der Waals surface area contributed by atoms with Gasteiger partial charge in [0, 0.05) is 22.9 Å². The molecule has 0 aromatic heterocycles. The number of aryl methyl sites for hydroxylation is 1. The monoisotopic (exact) mass is 503 g/mol. The Labute approximate surface area is 215 Å². The lowest BCUT2D eigenvalue weighted by atomic mass is 10.0. The number of hydrogen-bond donors (Lipinski definition) is 4. The Morgan fingerprint density at radius 3 is 2.32 bits per heavy atom. The molecule has 0 aliphatic rings. The van der Waals surface area contributed by atoms with E-state index in [0.29, 0.717) is 35.6 Å². The van der Waals surface area contributed by atoms with E-state index in [1.54, 1.807) is 36.9 Å². The summed E-state index contributed by atoms with van der Waals surface area (Å²) in [5, 5.41) is 14.3. The number of ether oxygens (including phenoxy) is 2. The minimum absolute atomic E-state index is 0.229. The molecule has 3 rings (SSSR count). The van der Waals surface area contributed by atoms with E-state index in [1.165, 1.54) is 37.5 Å². The standard InChI is InChI=1S/C28H29N3O6/c1-36-23-14-16-25(37-2)21(18-23)11-17-26(32)30-24(15-8-19-6-4-3-5-7-19)28(34)29-22-12-9-20(10-13-22)27(33)31-35/h3-7,9-14,16-18,24,35H,8,15H2,1-2H3,(H,29,34)(H,30,32)(H,31,33)/b17-11+/t24-/m0/s1. The molecular formula is C28H29N3O6. The molecule has 4 N–H and O–H groups in total. The molecule has 1 atom stereocenters. The first-order chi connectivity index (χ1) is 17.9. The van der Waals surface area contributed by atoms with Crippen molar-refractivity contribution >= 4 is 29.5 Å². The van der Waals surface area contributed by atoms with Crippen LogP contribution in [0.5, 0.6) is 11.5 Å². The highest BCUT2D eigenvalue weighted by molar-refractivity contribution is 6.00. The fourth-order valence-electron chi connectivity index (χ4n) is 3.58. The summed E-state index contributed by atoms with van der Waals surface area (Å²) in [7, 11) is 3.08. The summed E-state index contributed by atoms with van der Waals surface area (Å²) >= 11 is 0. The third kappa shape index (κ3) is 7.94. The maximum Gasteiger partial charge on any atom is 0.274 e. The van der Waals surface area contributed by atoms with Crippen LogP contribution in [0.15, 0.2) is 78.9 Å². The molecule has 0 fully saturated rings. The highest BCUT2D eigenvalue weighted by atomic mass is 16.5. The lowest BCUT2D eigenvalue weighted by molar-refractivity contribution is -0.123. The van der Waals surface area contributed by atoms with Gasteiger partial charge in [-0.05, 0) is 66.9 Å². The van der Waals surface area contributed by atoms with E-state index in [1.807, 2.05) is 30.3 Å². The topological polar surface area (TPSA) is 126 Å². The maximum atomic E-state index is 13.1. The van der Waals surface area contributed by atoms with Crippen molar-refractivity contribution < 1.29 is 29.1 Å². The lowest BCUT2D eigenvalue weighted by Crippen LogP contribution is -2.43. The summed E-state index contributed by atoms with van der Waals surface area (Å²) in [6.07, 6.45) is 3.86. The zero-order valence-corrected chi connectivity index (χ0v) is 20.6. The van der Waals surface area contributed by atoms with Crippen LogP contribution >= 0.6 is 0 Å². The van der Waals surface area contributed by atoms with E-state index in [9.17, 15) is 14.4 Å². The van der Waals surface area contributed by atoms with Gasteiger partial charge in [0.2, 0.25) is 11.8 Å². The van der Waals surface area contributed by atoms with Crippen molar-refractivity contribution in [3.8, 4) is 11.5 Å². The summed E-state index contributed by atoms with van der Waals surface area (Å²) in [6.45, 7) is 0. The largest absolute Gasteiger partial charge is 0.497 e. The zero-order valence-electron chi connectivity index (χ0n) is 20.6. The average molecular weight is 504 g/mol. The predicted molar refractivity (Wildman–Crippen MR) is 140 cm³/mol. The Bertz CT molecular complexity index is 1240. The first kappa shape index (κ1) is 27.0. The van der Waals surface area contributed by atoms with Crippen LogP contribution in [0, 0.1) is 0 Å². The van der Waals surface area contributed by atoms with Crippen LogP contribution in [-0.4, -0.2) is 43.2 Å². The molecule has 0 heterocycles.